The minimum Gasteiger partial charge on any atom is -0.322 e. The molecule has 0 aromatic heterocycles. The number of rotatable bonds is 5. The standard InChI is InChI=1S/C18H20F2N2O3S/c1-11-5-6-12(2)17(9-11)22(26(4,24)25)13(3)18(23)21-16-8-7-14(19)10-15(16)20/h5-10,13H,1-4H3,(H,21,23)/t13-/m0/s1. The van der Waals surface area contributed by atoms with E-state index in [-0.39, 0.29) is 5.69 Å². The van der Waals surface area contributed by atoms with Crippen molar-refractivity contribution in [1.82, 2.24) is 0 Å². The molecule has 0 saturated heterocycles. The van der Waals surface area contributed by atoms with Crippen molar-refractivity contribution in [3.63, 3.8) is 0 Å². The number of carbonyl (C=O) groups excluding carboxylic acids is 1. The molecule has 0 aliphatic heterocycles. The molecule has 0 aliphatic carbocycles. The Labute approximate surface area is 151 Å². The lowest BCUT2D eigenvalue weighted by atomic mass is 10.1. The van der Waals surface area contributed by atoms with E-state index in [1.165, 1.54) is 6.92 Å². The Kier molecular flexibility index (Phi) is 5.65. The van der Waals surface area contributed by atoms with Gasteiger partial charge in [0.25, 0.3) is 0 Å². The van der Waals surface area contributed by atoms with Crippen LogP contribution >= 0.6 is 0 Å². The second kappa shape index (κ2) is 7.41. The van der Waals surface area contributed by atoms with Crippen LogP contribution in [0.4, 0.5) is 20.2 Å². The largest absolute Gasteiger partial charge is 0.322 e. The van der Waals surface area contributed by atoms with E-state index in [0.717, 1.165) is 28.3 Å². The molecule has 1 N–H and O–H groups in total. The van der Waals surface area contributed by atoms with Crippen molar-refractivity contribution >= 4 is 27.3 Å². The maximum absolute atomic E-state index is 13.8. The van der Waals surface area contributed by atoms with Gasteiger partial charge in [0, 0.05) is 6.07 Å². The lowest BCUT2D eigenvalue weighted by Crippen LogP contribution is -2.45. The van der Waals surface area contributed by atoms with Gasteiger partial charge in [0.05, 0.1) is 17.6 Å². The third-order valence-electron chi connectivity index (χ3n) is 3.88. The quantitative estimate of drug-likeness (QED) is 0.862. The molecule has 0 heterocycles. The van der Waals surface area contributed by atoms with Gasteiger partial charge in [-0.1, -0.05) is 12.1 Å². The summed E-state index contributed by atoms with van der Waals surface area (Å²) in [5.41, 5.74) is 1.65. The van der Waals surface area contributed by atoms with Crippen LogP contribution in [0.5, 0.6) is 0 Å². The van der Waals surface area contributed by atoms with Crippen molar-refractivity contribution in [3.8, 4) is 0 Å². The van der Waals surface area contributed by atoms with Gasteiger partial charge in [-0.2, -0.15) is 0 Å². The molecular formula is C18H20F2N2O3S. The third-order valence-corrected chi connectivity index (χ3v) is 5.11. The van der Waals surface area contributed by atoms with E-state index in [9.17, 15) is 22.0 Å². The number of hydrogen-bond donors (Lipinski definition) is 1. The molecule has 140 valence electrons. The summed E-state index contributed by atoms with van der Waals surface area (Å²) in [6.07, 6.45) is 0.997. The highest BCUT2D eigenvalue weighted by Crippen LogP contribution is 2.27. The molecule has 2 aromatic rings. The first-order valence-corrected chi connectivity index (χ1v) is 9.68. The topological polar surface area (TPSA) is 66.5 Å². The average Bonchev–Trinajstić information content (AvgIpc) is 2.52. The lowest BCUT2D eigenvalue weighted by Gasteiger charge is -2.29. The number of nitrogens with zero attached hydrogens (tertiary/aromatic N) is 1. The monoisotopic (exact) mass is 382 g/mol. The minimum absolute atomic E-state index is 0.224. The first-order valence-electron chi connectivity index (χ1n) is 7.83. The summed E-state index contributed by atoms with van der Waals surface area (Å²) in [6.45, 7) is 4.94. The van der Waals surface area contributed by atoms with Gasteiger partial charge < -0.3 is 5.32 Å². The van der Waals surface area contributed by atoms with E-state index in [4.69, 9.17) is 0 Å². The molecule has 0 bridgehead atoms. The molecule has 0 fully saturated rings. The van der Waals surface area contributed by atoms with Crippen molar-refractivity contribution in [3.05, 3.63) is 59.2 Å². The van der Waals surface area contributed by atoms with E-state index in [1.54, 1.807) is 19.1 Å². The predicted octanol–water partition coefficient (Wildman–Crippen LogP) is 3.37. The Bertz CT molecular complexity index is 945. The molecule has 2 aromatic carbocycles. The second-order valence-corrected chi connectivity index (χ2v) is 8.00. The van der Waals surface area contributed by atoms with Gasteiger partial charge in [0.2, 0.25) is 15.9 Å². The van der Waals surface area contributed by atoms with E-state index >= 15 is 0 Å². The molecule has 8 heteroatoms. The molecule has 5 nitrogen and oxygen atoms in total. The highest BCUT2D eigenvalue weighted by molar-refractivity contribution is 7.92. The zero-order valence-electron chi connectivity index (χ0n) is 14.9. The number of aryl methyl sites for hydroxylation is 2. The number of sulfonamides is 1. The fourth-order valence-electron chi connectivity index (χ4n) is 2.57. The molecule has 26 heavy (non-hydrogen) atoms. The normalized spacial score (nSPS) is 12.5. The van der Waals surface area contributed by atoms with E-state index in [2.05, 4.69) is 5.32 Å². The first kappa shape index (κ1) is 19.8. The average molecular weight is 382 g/mol. The smallest absolute Gasteiger partial charge is 0.248 e. The van der Waals surface area contributed by atoms with Crippen LogP contribution in [0.25, 0.3) is 0 Å². The number of hydrogen-bond acceptors (Lipinski definition) is 3. The fourth-order valence-corrected chi connectivity index (χ4v) is 3.79. The van der Waals surface area contributed by atoms with Gasteiger partial charge in [-0.25, -0.2) is 17.2 Å². The second-order valence-electron chi connectivity index (χ2n) is 6.14. The molecule has 2 rings (SSSR count). The third kappa shape index (κ3) is 4.37. The predicted molar refractivity (Wildman–Crippen MR) is 97.7 cm³/mol. The fraction of sp³-hybridized carbons (Fsp3) is 0.278. The number of carbonyl (C=O) groups is 1. The summed E-state index contributed by atoms with van der Waals surface area (Å²) in [7, 11) is -3.79. The molecule has 0 saturated carbocycles. The van der Waals surface area contributed by atoms with Crippen LogP contribution in [-0.2, 0) is 14.8 Å². The summed E-state index contributed by atoms with van der Waals surface area (Å²) in [4.78, 5) is 12.5. The van der Waals surface area contributed by atoms with Crippen LogP contribution in [-0.4, -0.2) is 26.6 Å². The molecule has 0 spiro atoms. The van der Waals surface area contributed by atoms with Crippen LogP contribution in [0, 0.1) is 25.5 Å². The molecule has 1 amide bonds. The molecule has 1 atom stereocenters. The number of nitrogens with one attached hydrogen (secondary N) is 1. The number of benzene rings is 2. The van der Waals surface area contributed by atoms with Crippen molar-refractivity contribution in [2.45, 2.75) is 26.8 Å². The zero-order valence-corrected chi connectivity index (χ0v) is 15.7. The molecule has 0 unspecified atom stereocenters. The van der Waals surface area contributed by atoms with E-state index < -0.39 is 33.6 Å². The molecule has 0 radical (unpaired) electrons. The van der Waals surface area contributed by atoms with Crippen LogP contribution < -0.4 is 9.62 Å². The SMILES string of the molecule is Cc1ccc(C)c(N([C@@H](C)C(=O)Nc2ccc(F)cc2F)S(C)(=O)=O)c1. The van der Waals surface area contributed by atoms with Crippen LogP contribution in [0.2, 0.25) is 0 Å². The zero-order chi connectivity index (χ0) is 19.6. The van der Waals surface area contributed by atoms with Crippen molar-refractivity contribution < 1.29 is 22.0 Å². The van der Waals surface area contributed by atoms with Gasteiger partial charge >= 0.3 is 0 Å². The molecular weight excluding hydrogens is 362 g/mol. The van der Waals surface area contributed by atoms with Crippen molar-refractivity contribution in [2.24, 2.45) is 0 Å². The maximum Gasteiger partial charge on any atom is 0.248 e. The van der Waals surface area contributed by atoms with E-state index in [0.29, 0.717) is 17.3 Å². The minimum atomic E-state index is -3.79. The molecule has 0 aliphatic rings. The van der Waals surface area contributed by atoms with Crippen molar-refractivity contribution in [2.75, 3.05) is 15.9 Å². The van der Waals surface area contributed by atoms with Crippen LogP contribution in [0.15, 0.2) is 36.4 Å². The summed E-state index contributed by atoms with van der Waals surface area (Å²) in [5.74, 6) is -2.45. The van der Waals surface area contributed by atoms with Crippen molar-refractivity contribution in [1.29, 1.82) is 0 Å². The number of halogens is 2. The summed E-state index contributed by atoms with van der Waals surface area (Å²) >= 11 is 0. The lowest BCUT2D eigenvalue weighted by molar-refractivity contribution is -0.116. The highest BCUT2D eigenvalue weighted by atomic mass is 32.2. The summed E-state index contributed by atoms with van der Waals surface area (Å²) < 4.78 is 52.4. The van der Waals surface area contributed by atoms with Gasteiger partial charge in [-0.05, 0) is 50.1 Å². The number of amides is 1. The Morgan fingerprint density at radius 2 is 1.77 bits per heavy atom. The van der Waals surface area contributed by atoms with Crippen LogP contribution in [0.1, 0.15) is 18.1 Å². The Balaban J connectivity index is 2.39. The summed E-state index contributed by atoms with van der Waals surface area (Å²) in [5, 5.41) is 2.31. The highest BCUT2D eigenvalue weighted by Gasteiger charge is 2.30. The Hall–Kier alpha value is -2.48. The van der Waals surface area contributed by atoms with Gasteiger partial charge in [-0.3, -0.25) is 9.10 Å². The Morgan fingerprint density at radius 1 is 1.12 bits per heavy atom. The number of anilines is 2. The van der Waals surface area contributed by atoms with Crippen LogP contribution in [0.3, 0.4) is 0 Å². The summed E-state index contributed by atoms with van der Waals surface area (Å²) in [6, 6.07) is 6.83. The maximum atomic E-state index is 13.8. The Morgan fingerprint density at radius 3 is 2.35 bits per heavy atom. The van der Waals surface area contributed by atoms with Gasteiger partial charge in [-0.15, -0.1) is 0 Å². The van der Waals surface area contributed by atoms with Gasteiger partial charge in [0.15, 0.2) is 0 Å². The van der Waals surface area contributed by atoms with Gasteiger partial charge in [0.1, 0.15) is 17.7 Å². The van der Waals surface area contributed by atoms with E-state index in [1.807, 2.05) is 13.0 Å². The first-order chi connectivity index (χ1) is 12.0.